The van der Waals surface area contributed by atoms with Crippen molar-refractivity contribution >= 4 is 25.8 Å². The monoisotopic (exact) mass is 320 g/mol. The van der Waals surface area contributed by atoms with Gasteiger partial charge in [-0.3, -0.25) is 4.98 Å². The molecule has 1 atom stereocenters. The van der Waals surface area contributed by atoms with Crippen LogP contribution in [0, 0.1) is 0 Å². The first-order chi connectivity index (χ1) is 7.96. The van der Waals surface area contributed by atoms with E-state index >= 15 is 0 Å². The molecule has 1 heterocycles. The molecule has 0 saturated carbocycles. The fourth-order valence-corrected chi connectivity index (χ4v) is 2.92. The Hall–Kier alpha value is -0.460. The first kappa shape index (κ1) is 14.6. The van der Waals surface area contributed by atoms with Crippen LogP contribution in [0.15, 0.2) is 22.8 Å². The number of sulfone groups is 1. The third-order valence-electron chi connectivity index (χ3n) is 2.55. The number of aromatic nitrogens is 1. The van der Waals surface area contributed by atoms with Gasteiger partial charge in [-0.25, -0.2) is 8.42 Å². The van der Waals surface area contributed by atoms with Crippen LogP contribution in [0.1, 0.15) is 31.5 Å². The third kappa shape index (κ3) is 4.73. The van der Waals surface area contributed by atoms with Crippen molar-refractivity contribution in [2.24, 2.45) is 5.73 Å². The standard InChI is InChI=1S/C11H17BrN2O2S/c1-2-17(15,16)8-4-6-10(13)11-9(12)5-3-7-14-11/h3,5,7,10H,2,4,6,8,13H2,1H3. The maximum atomic E-state index is 11.3. The lowest BCUT2D eigenvalue weighted by molar-refractivity contribution is 0.580. The summed E-state index contributed by atoms with van der Waals surface area (Å²) in [7, 11) is -2.90. The molecule has 0 aliphatic carbocycles. The van der Waals surface area contributed by atoms with E-state index in [2.05, 4.69) is 20.9 Å². The molecular formula is C11H17BrN2O2S. The molecule has 96 valence electrons. The minimum Gasteiger partial charge on any atom is -0.323 e. The highest BCUT2D eigenvalue weighted by atomic mass is 79.9. The van der Waals surface area contributed by atoms with Crippen LogP contribution in [-0.2, 0) is 9.84 Å². The predicted octanol–water partition coefficient (Wildman–Crippen LogP) is 2.06. The van der Waals surface area contributed by atoms with E-state index in [-0.39, 0.29) is 17.5 Å². The Labute approximate surface area is 111 Å². The van der Waals surface area contributed by atoms with E-state index in [9.17, 15) is 8.42 Å². The highest BCUT2D eigenvalue weighted by molar-refractivity contribution is 9.10. The second kappa shape index (κ2) is 6.47. The smallest absolute Gasteiger partial charge is 0.150 e. The zero-order valence-corrected chi connectivity index (χ0v) is 12.2. The number of hydrogen-bond acceptors (Lipinski definition) is 4. The van der Waals surface area contributed by atoms with Crippen molar-refractivity contribution in [1.29, 1.82) is 0 Å². The molecule has 1 aromatic rings. The van der Waals surface area contributed by atoms with Crippen molar-refractivity contribution in [2.45, 2.75) is 25.8 Å². The summed E-state index contributed by atoms with van der Waals surface area (Å²) in [5.74, 6) is 0.386. The molecule has 0 bridgehead atoms. The summed E-state index contributed by atoms with van der Waals surface area (Å²) in [4.78, 5) is 4.19. The predicted molar refractivity (Wildman–Crippen MR) is 72.4 cm³/mol. The summed E-state index contributed by atoms with van der Waals surface area (Å²) in [6.45, 7) is 1.66. The number of nitrogens with two attached hydrogens (primary N) is 1. The topological polar surface area (TPSA) is 73.0 Å². The lowest BCUT2D eigenvalue weighted by Gasteiger charge is -2.12. The first-order valence-corrected chi connectivity index (χ1v) is 8.14. The van der Waals surface area contributed by atoms with Gasteiger partial charge in [0.1, 0.15) is 9.84 Å². The molecule has 1 rings (SSSR count). The Kier molecular flexibility index (Phi) is 5.55. The van der Waals surface area contributed by atoms with Crippen LogP contribution in [0.3, 0.4) is 0 Å². The molecule has 0 aromatic carbocycles. The molecule has 1 aromatic heterocycles. The van der Waals surface area contributed by atoms with Crippen molar-refractivity contribution in [1.82, 2.24) is 4.98 Å². The van der Waals surface area contributed by atoms with Gasteiger partial charge in [0.25, 0.3) is 0 Å². The van der Waals surface area contributed by atoms with E-state index in [1.807, 2.05) is 12.1 Å². The summed E-state index contributed by atoms with van der Waals surface area (Å²) in [6.07, 6.45) is 2.87. The van der Waals surface area contributed by atoms with Gasteiger partial charge >= 0.3 is 0 Å². The minimum absolute atomic E-state index is 0.190. The number of hydrogen-bond donors (Lipinski definition) is 1. The molecule has 17 heavy (non-hydrogen) atoms. The number of rotatable bonds is 6. The van der Waals surface area contributed by atoms with Gasteiger partial charge < -0.3 is 5.73 Å². The van der Waals surface area contributed by atoms with Gasteiger partial charge in [-0.05, 0) is 40.9 Å². The Balaban J connectivity index is 2.51. The van der Waals surface area contributed by atoms with E-state index in [4.69, 9.17) is 5.73 Å². The van der Waals surface area contributed by atoms with Gasteiger partial charge in [0.05, 0.1) is 11.4 Å². The van der Waals surface area contributed by atoms with Crippen molar-refractivity contribution < 1.29 is 8.42 Å². The molecule has 0 spiro atoms. The molecule has 0 saturated heterocycles. The molecule has 4 nitrogen and oxygen atoms in total. The maximum Gasteiger partial charge on any atom is 0.150 e. The highest BCUT2D eigenvalue weighted by Crippen LogP contribution is 2.22. The van der Waals surface area contributed by atoms with Crippen LogP contribution < -0.4 is 5.73 Å². The van der Waals surface area contributed by atoms with E-state index < -0.39 is 9.84 Å². The largest absolute Gasteiger partial charge is 0.323 e. The van der Waals surface area contributed by atoms with E-state index in [1.54, 1.807) is 13.1 Å². The normalized spacial score (nSPS) is 13.6. The molecule has 0 aliphatic rings. The molecule has 2 N–H and O–H groups in total. The van der Waals surface area contributed by atoms with Crippen LogP contribution in [0.5, 0.6) is 0 Å². The molecule has 0 fully saturated rings. The number of pyridine rings is 1. The zero-order valence-electron chi connectivity index (χ0n) is 9.77. The average Bonchev–Trinajstić information content (AvgIpc) is 2.29. The number of nitrogens with zero attached hydrogens (tertiary/aromatic N) is 1. The Bertz CT molecular complexity index is 462. The van der Waals surface area contributed by atoms with Gasteiger partial charge in [0.15, 0.2) is 0 Å². The molecule has 0 amide bonds. The van der Waals surface area contributed by atoms with Crippen LogP contribution in [0.4, 0.5) is 0 Å². The minimum atomic E-state index is -2.90. The second-order valence-electron chi connectivity index (χ2n) is 3.86. The van der Waals surface area contributed by atoms with Crippen molar-refractivity contribution in [3.63, 3.8) is 0 Å². The fourth-order valence-electron chi connectivity index (χ4n) is 1.47. The second-order valence-corrected chi connectivity index (χ2v) is 7.18. The first-order valence-electron chi connectivity index (χ1n) is 5.52. The summed E-state index contributed by atoms with van der Waals surface area (Å²) in [5, 5.41) is 0. The van der Waals surface area contributed by atoms with Gasteiger partial charge in [-0.15, -0.1) is 0 Å². The Morgan fingerprint density at radius 2 is 2.24 bits per heavy atom. The Morgan fingerprint density at radius 1 is 1.53 bits per heavy atom. The summed E-state index contributed by atoms with van der Waals surface area (Å²) >= 11 is 3.38. The van der Waals surface area contributed by atoms with Crippen LogP contribution in [0.25, 0.3) is 0 Å². The molecule has 0 radical (unpaired) electrons. The van der Waals surface area contributed by atoms with Crippen LogP contribution >= 0.6 is 15.9 Å². The van der Waals surface area contributed by atoms with E-state index in [0.717, 1.165) is 10.2 Å². The van der Waals surface area contributed by atoms with Gasteiger partial charge in [0.2, 0.25) is 0 Å². The molecule has 0 aliphatic heterocycles. The van der Waals surface area contributed by atoms with Crippen LogP contribution in [0.2, 0.25) is 0 Å². The maximum absolute atomic E-state index is 11.3. The van der Waals surface area contributed by atoms with E-state index in [1.165, 1.54) is 0 Å². The lowest BCUT2D eigenvalue weighted by atomic mass is 10.1. The lowest BCUT2D eigenvalue weighted by Crippen LogP contribution is -2.15. The summed E-state index contributed by atoms with van der Waals surface area (Å²) in [5.41, 5.74) is 6.76. The molecule has 6 heteroatoms. The van der Waals surface area contributed by atoms with E-state index in [0.29, 0.717) is 12.8 Å². The highest BCUT2D eigenvalue weighted by Gasteiger charge is 2.13. The third-order valence-corrected chi connectivity index (χ3v) is 5.01. The molecular weight excluding hydrogens is 304 g/mol. The van der Waals surface area contributed by atoms with Crippen molar-refractivity contribution in [2.75, 3.05) is 11.5 Å². The zero-order chi connectivity index (χ0) is 12.9. The van der Waals surface area contributed by atoms with Gasteiger partial charge in [0, 0.05) is 22.5 Å². The van der Waals surface area contributed by atoms with Gasteiger partial charge in [-0.1, -0.05) is 6.92 Å². The van der Waals surface area contributed by atoms with Crippen molar-refractivity contribution in [3.8, 4) is 0 Å². The quantitative estimate of drug-likeness (QED) is 0.870. The van der Waals surface area contributed by atoms with Crippen molar-refractivity contribution in [3.05, 3.63) is 28.5 Å². The van der Waals surface area contributed by atoms with Gasteiger partial charge in [-0.2, -0.15) is 0 Å². The Morgan fingerprint density at radius 3 is 2.82 bits per heavy atom. The summed E-state index contributed by atoms with van der Waals surface area (Å²) in [6, 6.07) is 3.48. The summed E-state index contributed by atoms with van der Waals surface area (Å²) < 4.78 is 23.5. The average molecular weight is 321 g/mol. The fraction of sp³-hybridized carbons (Fsp3) is 0.545. The SMILES string of the molecule is CCS(=O)(=O)CCCC(N)c1ncccc1Br. The molecule has 1 unspecified atom stereocenters. The van der Waals surface area contributed by atoms with Crippen LogP contribution in [-0.4, -0.2) is 24.9 Å². The number of halogens is 1.